The smallest absolute Gasteiger partial charge is 0.257 e. The quantitative estimate of drug-likeness (QED) is 0.864. The summed E-state index contributed by atoms with van der Waals surface area (Å²) in [5.74, 6) is 0.116. The Balaban J connectivity index is 1.44. The molecule has 1 aromatic heterocycles. The van der Waals surface area contributed by atoms with Crippen LogP contribution < -0.4 is 0 Å². The lowest BCUT2D eigenvalue weighted by Crippen LogP contribution is -2.51. The molecule has 1 aliphatic carbocycles. The van der Waals surface area contributed by atoms with Gasteiger partial charge in [-0.3, -0.25) is 9.69 Å². The second-order valence-corrected chi connectivity index (χ2v) is 7.16. The van der Waals surface area contributed by atoms with Crippen LogP contribution in [0.1, 0.15) is 41.7 Å². The summed E-state index contributed by atoms with van der Waals surface area (Å²) in [4.78, 5) is 17.5. The summed E-state index contributed by atoms with van der Waals surface area (Å²) in [5.41, 5.74) is 2.62. The first-order chi connectivity index (χ1) is 12.2. The molecule has 5 heteroatoms. The van der Waals surface area contributed by atoms with Gasteiger partial charge in [-0.1, -0.05) is 31.0 Å². The summed E-state index contributed by atoms with van der Waals surface area (Å²) in [5, 5.41) is 4.44. The number of rotatable bonds is 3. The van der Waals surface area contributed by atoms with Crippen LogP contribution in [0, 0.1) is 6.92 Å². The molecule has 0 spiro atoms. The molecule has 25 heavy (non-hydrogen) atoms. The monoisotopic (exact) mass is 338 g/mol. The highest BCUT2D eigenvalue weighted by molar-refractivity contribution is 5.95. The lowest BCUT2D eigenvalue weighted by molar-refractivity contribution is 0.0572. The molecule has 2 aromatic rings. The summed E-state index contributed by atoms with van der Waals surface area (Å²) < 4.78 is 1.85. The zero-order valence-corrected chi connectivity index (χ0v) is 14.9. The summed E-state index contributed by atoms with van der Waals surface area (Å²) >= 11 is 0. The van der Waals surface area contributed by atoms with Crippen molar-refractivity contribution in [2.75, 3.05) is 26.2 Å². The van der Waals surface area contributed by atoms with E-state index < -0.39 is 0 Å². The molecular formula is C20H26N4O. The van der Waals surface area contributed by atoms with Crippen LogP contribution >= 0.6 is 0 Å². The van der Waals surface area contributed by atoms with Crippen molar-refractivity contribution in [3.05, 3.63) is 47.8 Å². The summed E-state index contributed by atoms with van der Waals surface area (Å²) in [6.07, 6.45) is 7.10. The molecular weight excluding hydrogens is 312 g/mol. The molecule has 132 valence electrons. The van der Waals surface area contributed by atoms with Gasteiger partial charge >= 0.3 is 0 Å². The van der Waals surface area contributed by atoms with Crippen LogP contribution in [0.4, 0.5) is 0 Å². The van der Waals surface area contributed by atoms with Gasteiger partial charge in [0.2, 0.25) is 0 Å². The van der Waals surface area contributed by atoms with Gasteiger partial charge in [0.05, 0.1) is 23.1 Å². The second-order valence-electron chi connectivity index (χ2n) is 7.16. The fraction of sp³-hybridized carbons (Fsp3) is 0.500. The van der Waals surface area contributed by atoms with E-state index in [1.165, 1.54) is 25.7 Å². The highest BCUT2D eigenvalue weighted by Crippen LogP contribution is 2.25. The van der Waals surface area contributed by atoms with Gasteiger partial charge in [-0.2, -0.15) is 5.10 Å². The first kappa shape index (κ1) is 16.3. The molecule has 0 radical (unpaired) electrons. The second kappa shape index (κ2) is 7.00. The third-order valence-corrected chi connectivity index (χ3v) is 5.68. The van der Waals surface area contributed by atoms with Crippen LogP contribution in [0.5, 0.6) is 0 Å². The fourth-order valence-electron chi connectivity index (χ4n) is 4.18. The van der Waals surface area contributed by atoms with Crippen LogP contribution in [-0.2, 0) is 0 Å². The highest BCUT2D eigenvalue weighted by Gasteiger charge is 2.29. The number of carbonyl (C=O) groups is 1. The number of benzene rings is 1. The molecule has 2 heterocycles. The Labute approximate surface area is 149 Å². The van der Waals surface area contributed by atoms with Crippen molar-refractivity contribution in [3.8, 4) is 5.69 Å². The first-order valence-electron chi connectivity index (χ1n) is 9.37. The van der Waals surface area contributed by atoms with Gasteiger partial charge < -0.3 is 4.90 Å². The molecule has 2 fully saturated rings. The van der Waals surface area contributed by atoms with Crippen LogP contribution in [0.3, 0.4) is 0 Å². The van der Waals surface area contributed by atoms with Crippen molar-refractivity contribution in [2.24, 2.45) is 0 Å². The zero-order valence-electron chi connectivity index (χ0n) is 14.9. The van der Waals surface area contributed by atoms with Crippen LogP contribution in [-0.4, -0.2) is 57.7 Å². The van der Waals surface area contributed by atoms with Gasteiger partial charge in [0.25, 0.3) is 5.91 Å². The lowest BCUT2D eigenvalue weighted by atomic mass is 10.1. The third kappa shape index (κ3) is 3.21. The standard InChI is InChI=1S/C20H26N4O/c1-16-19(15-21-24(16)18-9-3-2-4-10-18)20(25)23-13-11-22(12-14-23)17-7-5-6-8-17/h2-4,9-10,15,17H,5-8,11-14H2,1H3. The van der Waals surface area contributed by atoms with Gasteiger partial charge in [-0.05, 0) is 31.9 Å². The topological polar surface area (TPSA) is 41.4 Å². The number of hydrogen-bond donors (Lipinski definition) is 0. The molecule has 0 N–H and O–H groups in total. The highest BCUT2D eigenvalue weighted by atomic mass is 16.2. The minimum atomic E-state index is 0.116. The van der Waals surface area contributed by atoms with Crippen LogP contribution in [0.25, 0.3) is 5.69 Å². The van der Waals surface area contributed by atoms with Gasteiger partial charge in [-0.15, -0.1) is 0 Å². The normalized spacial score (nSPS) is 19.5. The maximum Gasteiger partial charge on any atom is 0.257 e. The molecule has 1 saturated carbocycles. The van der Waals surface area contributed by atoms with E-state index in [4.69, 9.17) is 0 Å². The molecule has 1 aromatic carbocycles. The largest absolute Gasteiger partial charge is 0.336 e. The van der Waals surface area contributed by atoms with Gasteiger partial charge in [0.15, 0.2) is 0 Å². The Hall–Kier alpha value is -2.14. The van der Waals surface area contributed by atoms with Crippen molar-refractivity contribution < 1.29 is 4.79 Å². The predicted octanol–water partition coefficient (Wildman–Crippen LogP) is 2.88. The van der Waals surface area contributed by atoms with Crippen molar-refractivity contribution in [1.29, 1.82) is 0 Å². The van der Waals surface area contributed by atoms with Crippen molar-refractivity contribution >= 4 is 5.91 Å². The van der Waals surface area contributed by atoms with Crippen LogP contribution in [0.15, 0.2) is 36.5 Å². The third-order valence-electron chi connectivity index (χ3n) is 5.68. The maximum absolute atomic E-state index is 12.9. The van der Waals surface area contributed by atoms with Gasteiger partial charge in [0.1, 0.15) is 0 Å². The summed E-state index contributed by atoms with van der Waals surface area (Å²) in [7, 11) is 0. The Kier molecular flexibility index (Phi) is 4.57. The average Bonchev–Trinajstić information content (AvgIpc) is 3.32. The number of nitrogens with zero attached hydrogens (tertiary/aromatic N) is 4. The Morgan fingerprint density at radius 1 is 1.04 bits per heavy atom. The van der Waals surface area contributed by atoms with E-state index in [9.17, 15) is 4.79 Å². The number of hydrogen-bond acceptors (Lipinski definition) is 3. The first-order valence-corrected chi connectivity index (χ1v) is 9.37. The predicted molar refractivity (Wildman–Crippen MR) is 98.0 cm³/mol. The number of carbonyl (C=O) groups excluding carboxylic acids is 1. The Bertz CT molecular complexity index is 725. The van der Waals surface area contributed by atoms with E-state index in [0.717, 1.165) is 49.2 Å². The average molecular weight is 338 g/mol. The van der Waals surface area contributed by atoms with Gasteiger partial charge in [-0.25, -0.2) is 4.68 Å². The van der Waals surface area contributed by atoms with E-state index in [1.807, 2.05) is 46.8 Å². The van der Waals surface area contributed by atoms with Crippen molar-refractivity contribution in [1.82, 2.24) is 19.6 Å². The molecule has 1 saturated heterocycles. The molecule has 2 aliphatic rings. The molecule has 1 amide bonds. The molecule has 0 unspecified atom stereocenters. The Morgan fingerprint density at radius 2 is 1.72 bits per heavy atom. The number of piperazine rings is 1. The van der Waals surface area contributed by atoms with E-state index >= 15 is 0 Å². The zero-order chi connectivity index (χ0) is 17.2. The summed E-state index contributed by atoms with van der Waals surface area (Å²) in [6, 6.07) is 10.7. The van der Waals surface area contributed by atoms with Gasteiger partial charge in [0, 0.05) is 32.2 Å². The molecule has 0 bridgehead atoms. The summed E-state index contributed by atoms with van der Waals surface area (Å²) in [6.45, 7) is 5.63. The van der Waals surface area contributed by atoms with E-state index in [1.54, 1.807) is 6.20 Å². The van der Waals surface area contributed by atoms with Crippen molar-refractivity contribution in [3.63, 3.8) is 0 Å². The molecule has 4 rings (SSSR count). The molecule has 5 nitrogen and oxygen atoms in total. The number of amides is 1. The van der Waals surface area contributed by atoms with Crippen LogP contribution in [0.2, 0.25) is 0 Å². The fourth-order valence-corrected chi connectivity index (χ4v) is 4.18. The minimum Gasteiger partial charge on any atom is -0.336 e. The lowest BCUT2D eigenvalue weighted by Gasteiger charge is -2.38. The number of aromatic nitrogens is 2. The number of para-hydroxylation sites is 1. The maximum atomic E-state index is 12.9. The SMILES string of the molecule is Cc1c(C(=O)N2CCN(C3CCCC3)CC2)cnn1-c1ccccc1. The minimum absolute atomic E-state index is 0.116. The molecule has 1 aliphatic heterocycles. The Morgan fingerprint density at radius 3 is 2.40 bits per heavy atom. The van der Waals surface area contributed by atoms with E-state index in [0.29, 0.717) is 0 Å². The molecule has 0 atom stereocenters. The van der Waals surface area contributed by atoms with E-state index in [2.05, 4.69) is 10.00 Å². The van der Waals surface area contributed by atoms with E-state index in [-0.39, 0.29) is 5.91 Å². The van der Waals surface area contributed by atoms with Crippen molar-refractivity contribution in [2.45, 2.75) is 38.6 Å².